The Morgan fingerprint density at radius 1 is 1.09 bits per heavy atom. The first-order chi connectivity index (χ1) is 16.1. The highest BCUT2D eigenvalue weighted by Gasteiger charge is 2.17. The van der Waals surface area contributed by atoms with E-state index in [-0.39, 0.29) is 11.7 Å². The number of furan rings is 1. The summed E-state index contributed by atoms with van der Waals surface area (Å²) < 4.78 is 17.9. The Kier molecular flexibility index (Phi) is 7.21. The molecule has 0 saturated heterocycles. The van der Waals surface area contributed by atoms with Crippen LogP contribution in [0.25, 0.3) is 11.4 Å². The summed E-state index contributed by atoms with van der Waals surface area (Å²) in [4.78, 5) is 12.6. The van der Waals surface area contributed by atoms with Crippen molar-refractivity contribution in [1.29, 1.82) is 0 Å². The van der Waals surface area contributed by atoms with Crippen molar-refractivity contribution in [2.24, 2.45) is 0 Å². The number of rotatable bonds is 9. The Labute approximate surface area is 199 Å². The molecular formula is C23H21ClN4O4S. The molecule has 0 spiro atoms. The molecule has 0 unspecified atom stereocenters. The van der Waals surface area contributed by atoms with Gasteiger partial charge in [-0.05, 0) is 48.5 Å². The van der Waals surface area contributed by atoms with Crippen molar-refractivity contribution in [3.8, 4) is 22.9 Å². The maximum absolute atomic E-state index is 12.6. The van der Waals surface area contributed by atoms with Crippen LogP contribution in [0, 0.1) is 0 Å². The molecule has 0 aliphatic rings. The van der Waals surface area contributed by atoms with Crippen LogP contribution in [0.5, 0.6) is 11.5 Å². The number of amides is 1. The van der Waals surface area contributed by atoms with Gasteiger partial charge >= 0.3 is 0 Å². The van der Waals surface area contributed by atoms with E-state index in [1.165, 1.54) is 11.8 Å². The Balaban J connectivity index is 1.50. The molecule has 0 radical (unpaired) electrons. The van der Waals surface area contributed by atoms with Gasteiger partial charge in [-0.1, -0.05) is 23.4 Å². The second kappa shape index (κ2) is 10.5. The van der Waals surface area contributed by atoms with Gasteiger partial charge in [0.1, 0.15) is 5.76 Å². The first-order valence-electron chi connectivity index (χ1n) is 9.93. The molecule has 8 nitrogen and oxygen atoms in total. The predicted octanol–water partition coefficient (Wildman–Crippen LogP) is 4.99. The maximum Gasteiger partial charge on any atom is 0.234 e. The van der Waals surface area contributed by atoms with Gasteiger partial charge in [0.05, 0.1) is 32.8 Å². The van der Waals surface area contributed by atoms with Crippen LogP contribution in [0.1, 0.15) is 5.76 Å². The van der Waals surface area contributed by atoms with Crippen molar-refractivity contribution >= 4 is 35.0 Å². The van der Waals surface area contributed by atoms with Gasteiger partial charge in [0.25, 0.3) is 0 Å². The third-order valence-corrected chi connectivity index (χ3v) is 5.93. The first-order valence-corrected chi connectivity index (χ1v) is 11.3. The number of halogens is 1. The molecule has 0 saturated carbocycles. The summed E-state index contributed by atoms with van der Waals surface area (Å²) in [6.07, 6.45) is 1.62. The average molecular weight is 485 g/mol. The second-order valence-electron chi connectivity index (χ2n) is 6.89. The van der Waals surface area contributed by atoms with Crippen LogP contribution >= 0.6 is 23.4 Å². The van der Waals surface area contributed by atoms with E-state index < -0.39 is 0 Å². The van der Waals surface area contributed by atoms with Crippen LogP contribution < -0.4 is 14.8 Å². The molecule has 0 fully saturated rings. The molecule has 4 rings (SSSR count). The minimum Gasteiger partial charge on any atom is -0.493 e. The number of methoxy groups -OCH3 is 2. The standard InChI is InChI=1S/C23H21ClN4O4S/c1-30-19-10-9-17(12-20(19)31-2)25-21(29)14-33-23-27-26-22(15-5-7-16(24)8-6-15)28(23)13-18-4-3-11-32-18/h3-12H,13-14H2,1-2H3,(H,25,29). The highest BCUT2D eigenvalue weighted by molar-refractivity contribution is 7.99. The number of thioether (sulfide) groups is 1. The zero-order valence-corrected chi connectivity index (χ0v) is 19.5. The fourth-order valence-corrected chi connectivity index (χ4v) is 4.01. The van der Waals surface area contributed by atoms with Crippen molar-refractivity contribution in [3.05, 3.63) is 71.6 Å². The van der Waals surface area contributed by atoms with E-state index in [0.29, 0.717) is 39.7 Å². The summed E-state index contributed by atoms with van der Waals surface area (Å²) in [5, 5.41) is 12.7. The lowest BCUT2D eigenvalue weighted by Gasteiger charge is -2.11. The van der Waals surface area contributed by atoms with Crippen LogP contribution in [0.2, 0.25) is 5.02 Å². The van der Waals surface area contributed by atoms with E-state index in [1.54, 1.807) is 50.8 Å². The Morgan fingerprint density at radius 2 is 1.88 bits per heavy atom. The highest BCUT2D eigenvalue weighted by atomic mass is 35.5. The van der Waals surface area contributed by atoms with Gasteiger partial charge in [-0.3, -0.25) is 9.36 Å². The van der Waals surface area contributed by atoms with Gasteiger partial charge in [0.15, 0.2) is 22.5 Å². The number of aromatic nitrogens is 3. The van der Waals surface area contributed by atoms with E-state index in [2.05, 4.69) is 15.5 Å². The lowest BCUT2D eigenvalue weighted by molar-refractivity contribution is -0.113. The molecule has 2 aromatic heterocycles. The van der Waals surface area contributed by atoms with Crippen molar-refractivity contribution in [2.75, 3.05) is 25.3 Å². The fraction of sp³-hybridized carbons (Fsp3) is 0.174. The molecule has 2 aromatic carbocycles. The maximum atomic E-state index is 12.6. The van der Waals surface area contributed by atoms with Gasteiger partial charge in [0, 0.05) is 22.3 Å². The number of hydrogen-bond acceptors (Lipinski definition) is 7. The van der Waals surface area contributed by atoms with Gasteiger partial charge in [-0.15, -0.1) is 10.2 Å². The van der Waals surface area contributed by atoms with Crippen LogP contribution in [0.3, 0.4) is 0 Å². The van der Waals surface area contributed by atoms with E-state index in [4.69, 9.17) is 25.5 Å². The van der Waals surface area contributed by atoms with Crippen molar-refractivity contribution in [1.82, 2.24) is 14.8 Å². The Bertz CT molecular complexity index is 1230. The van der Waals surface area contributed by atoms with Gasteiger partial charge in [-0.25, -0.2) is 0 Å². The van der Waals surface area contributed by atoms with Crippen LogP contribution in [0.15, 0.2) is 70.4 Å². The van der Waals surface area contributed by atoms with Crippen LogP contribution in [-0.4, -0.2) is 40.6 Å². The number of carbonyl (C=O) groups excluding carboxylic acids is 1. The van der Waals surface area contributed by atoms with Crippen LogP contribution in [-0.2, 0) is 11.3 Å². The minimum atomic E-state index is -0.187. The molecule has 10 heteroatoms. The molecule has 0 bridgehead atoms. The summed E-state index contributed by atoms with van der Waals surface area (Å²) in [6.45, 7) is 0.428. The summed E-state index contributed by atoms with van der Waals surface area (Å²) in [7, 11) is 3.10. The molecule has 0 aliphatic heterocycles. The quantitative estimate of drug-likeness (QED) is 0.335. The fourth-order valence-electron chi connectivity index (χ4n) is 3.15. The van der Waals surface area contributed by atoms with E-state index >= 15 is 0 Å². The van der Waals surface area contributed by atoms with Gasteiger partial charge < -0.3 is 19.2 Å². The Hall–Kier alpha value is -3.43. The number of anilines is 1. The lowest BCUT2D eigenvalue weighted by Crippen LogP contribution is -2.15. The van der Waals surface area contributed by atoms with E-state index in [1.807, 2.05) is 28.8 Å². The molecule has 2 heterocycles. The monoisotopic (exact) mass is 484 g/mol. The van der Waals surface area contributed by atoms with Gasteiger partial charge in [-0.2, -0.15) is 0 Å². The predicted molar refractivity (Wildman–Crippen MR) is 127 cm³/mol. The molecule has 4 aromatic rings. The number of carbonyl (C=O) groups is 1. The number of hydrogen-bond donors (Lipinski definition) is 1. The number of nitrogens with one attached hydrogen (secondary N) is 1. The molecule has 1 amide bonds. The Morgan fingerprint density at radius 3 is 2.58 bits per heavy atom. The van der Waals surface area contributed by atoms with Gasteiger partial charge in [0.2, 0.25) is 5.91 Å². The van der Waals surface area contributed by atoms with E-state index in [0.717, 1.165) is 11.3 Å². The zero-order valence-electron chi connectivity index (χ0n) is 17.9. The first kappa shape index (κ1) is 22.8. The van der Waals surface area contributed by atoms with E-state index in [9.17, 15) is 4.79 Å². The second-order valence-corrected chi connectivity index (χ2v) is 8.26. The zero-order chi connectivity index (χ0) is 23.2. The largest absolute Gasteiger partial charge is 0.493 e. The summed E-state index contributed by atoms with van der Waals surface area (Å²) in [6, 6.07) is 16.3. The normalized spacial score (nSPS) is 10.8. The van der Waals surface area contributed by atoms with Crippen LogP contribution in [0.4, 0.5) is 5.69 Å². The topological polar surface area (TPSA) is 91.4 Å². The SMILES string of the molecule is COc1ccc(NC(=O)CSc2nnc(-c3ccc(Cl)cc3)n2Cc2ccco2)cc1OC. The average Bonchev–Trinajstić information content (AvgIpc) is 3.48. The third kappa shape index (κ3) is 5.50. The number of ether oxygens (including phenoxy) is 2. The molecule has 0 atom stereocenters. The van der Waals surface area contributed by atoms with Crippen molar-refractivity contribution in [2.45, 2.75) is 11.7 Å². The molecule has 1 N–H and O–H groups in total. The summed E-state index contributed by atoms with van der Waals surface area (Å²) >= 11 is 7.31. The third-order valence-electron chi connectivity index (χ3n) is 4.71. The smallest absolute Gasteiger partial charge is 0.234 e. The highest BCUT2D eigenvalue weighted by Crippen LogP contribution is 2.30. The molecule has 33 heavy (non-hydrogen) atoms. The molecule has 0 aliphatic carbocycles. The number of benzene rings is 2. The van der Waals surface area contributed by atoms with Crippen molar-refractivity contribution in [3.63, 3.8) is 0 Å². The lowest BCUT2D eigenvalue weighted by atomic mass is 10.2. The molecular weight excluding hydrogens is 464 g/mol. The minimum absolute atomic E-state index is 0.144. The molecule has 170 valence electrons. The number of nitrogens with zero attached hydrogens (tertiary/aromatic N) is 3. The van der Waals surface area contributed by atoms with Crippen molar-refractivity contribution < 1.29 is 18.7 Å². The summed E-state index contributed by atoms with van der Waals surface area (Å²) in [5.41, 5.74) is 1.47. The summed E-state index contributed by atoms with van der Waals surface area (Å²) in [5.74, 6) is 2.49.